The molecule has 11 N–H and O–H groups in total. The van der Waals surface area contributed by atoms with Crippen LogP contribution in [-0.2, 0) is 57.3 Å². The normalized spacial score (nSPS) is 19.2. The predicted octanol–water partition coefficient (Wildman–Crippen LogP) is 1.26. The van der Waals surface area contributed by atoms with Crippen molar-refractivity contribution < 1.29 is 62.1 Å². The molecule has 0 saturated carbocycles. The van der Waals surface area contributed by atoms with Crippen molar-refractivity contribution in [3.63, 3.8) is 0 Å². The molecule has 26 nitrogen and oxygen atoms in total. The second kappa shape index (κ2) is 31.8. The number of urea groups is 1. The van der Waals surface area contributed by atoms with Crippen LogP contribution < -0.4 is 53.6 Å². The number of amides is 9. The van der Waals surface area contributed by atoms with Gasteiger partial charge in [-0.2, -0.15) is 16.7 Å². The maximum Gasteiger partial charge on any atom is 0.329 e. The van der Waals surface area contributed by atoms with Crippen LogP contribution >= 0.6 is 11.8 Å². The van der Waals surface area contributed by atoms with Crippen LogP contribution in [0.4, 0.5) is 27.9 Å². The third kappa shape index (κ3) is 20.1. The largest absolute Gasteiger partial charge is 0.459 e. The molecular formula is C53H79N13O13S. The molecule has 27 heteroatoms. The van der Waals surface area contributed by atoms with Crippen molar-refractivity contribution in [2.24, 2.45) is 11.1 Å². The van der Waals surface area contributed by atoms with Crippen LogP contribution in [0.1, 0.15) is 96.5 Å². The van der Waals surface area contributed by atoms with E-state index in [1.54, 1.807) is 30.5 Å². The molecule has 80 heavy (non-hydrogen) atoms. The Labute approximate surface area is 470 Å². The number of aryl methyl sites for hydroxylation is 1. The second-order valence-corrected chi connectivity index (χ2v) is 21.9. The Hall–Kier alpha value is -6.84. The summed E-state index contributed by atoms with van der Waals surface area (Å²) in [6.07, 6.45) is 6.26. The molecule has 0 spiro atoms. The highest BCUT2D eigenvalue weighted by Crippen LogP contribution is 2.33. The molecule has 4 aliphatic rings. The fourth-order valence-corrected chi connectivity index (χ4v) is 10.7. The number of morpholine rings is 1. The van der Waals surface area contributed by atoms with Gasteiger partial charge >= 0.3 is 12.0 Å². The van der Waals surface area contributed by atoms with E-state index < -0.39 is 65.5 Å². The maximum absolute atomic E-state index is 13.8. The van der Waals surface area contributed by atoms with Gasteiger partial charge < -0.3 is 77.4 Å². The second-order valence-electron chi connectivity index (χ2n) is 20.6. The zero-order chi connectivity index (χ0) is 57.4. The molecule has 9 amide bonds. The van der Waals surface area contributed by atoms with Crippen molar-refractivity contribution in [3.8, 4) is 0 Å². The van der Waals surface area contributed by atoms with Gasteiger partial charge in [0.2, 0.25) is 47.3 Å². The number of nitrogens with zero attached hydrogens (tertiary/aromatic N) is 3. The van der Waals surface area contributed by atoms with Crippen LogP contribution in [0, 0.1) is 12.3 Å². The number of nitrogens with two attached hydrogens (primary N) is 1. The van der Waals surface area contributed by atoms with Gasteiger partial charge in [-0.3, -0.25) is 33.6 Å². The van der Waals surface area contributed by atoms with Gasteiger partial charge in [0.05, 0.1) is 51.5 Å². The highest BCUT2D eigenvalue weighted by Gasteiger charge is 2.50. The van der Waals surface area contributed by atoms with E-state index in [0.29, 0.717) is 120 Å². The molecule has 4 fully saturated rings. The molecule has 2 bridgehead atoms. The van der Waals surface area contributed by atoms with Gasteiger partial charge in [-0.1, -0.05) is 12.5 Å². The van der Waals surface area contributed by atoms with E-state index in [1.807, 2.05) is 18.7 Å². The van der Waals surface area contributed by atoms with Gasteiger partial charge in [0.15, 0.2) is 0 Å². The molecule has 5 heterocycles. The molecule has 2 aromatic rings. The minimum Gasteiger partial charge on any atom is -0.459 e. The molecular weight excluding hydrogens is 1060 g/mol. The third-order valence-electron chi connectivity index (χ3n) is 13.8. The summed E-state index contributed by atoms with van der Waals surface area (Å²) >= 11 is 1.88. The predicted molar refractivity (Wildman–Crippen MR) is 296 cm³/mol. The van der Waals surface area contributed by atoms with Gasteiger partial charge in [0, 0.05) is 99.2 Å². The van der Waals surface area contributed by atoms with Gasteiger partial charge in [-0.15, -0.1) is 0 Å². The standard InChI is InChI=1S/C53H79N13O13S/c1-33-30-59-51(65-46(33)57-17-8-18-58-50(74)53(2,3)49(54)73)61-35-12-6-11-34(27-35)60-44(70)29-37(47(71)66-31-36-28-39(66)48(72)79-36)62-43(69)16-7-15-42(68)56-20-10-22-77-24-26-78-25-23-76-21-9-19-55-41(67)14-5-4-13-40-45-38(32-80-40)63-52(75)64-45/h6,11-12,27,30,36-40,45H,4-5,7-10,13-26,28-29,31-32H2,1-3H3,(H2,54,73)(H,55,67)(H,56,68)(H,58,74)(H,60,70)(H,62,69)(H2,63,64,75)(H2,57,59,61,65). The Morgan fingerprint density at radius 1 is 0.812 bits per heavy atom. The molecule has 0 radical (unpaired) electrons. The molecule has 0 aliphatic carbocycles. The lowest BCUT2D eigenvalue weighted by atomic mass is 9.91. The van der Waals surface area contributed by atoms with Crippen LogP contribution in [0.5, 0.6) is 0 Å². The summed E-state index contributed by atoms with van der Waals surface area (Å²) in [5.41, 5.74) is 5.68. The fraction of sp³-hybridized carbons (Fsp3) is 0.642. The highest BCUT2D eigenvalue weighted by molar-refractivity contribution is 8.00. The number of primary amides is 1. The van der Waals surface area contributed by atoms with Gasteiger partial charge in [0.1, 0.15) is 29.4 Å². The van der Waals surface area contributed by atoms with Crippen molar-refractivity contribution >= 4 is 88.3 Å². The van der Waals surface area contributed by atoms with E-state index in [2.05, 4.69) is 57.8 Å². The first kappa shape index (κ1) is 62.4. The summed E-state index contributed by atoms with van der Waals surface area (Å²) in [6.45, 7) is 9.10. The monoisotopic (exact) mass is 1140 g/mol. The topological polar surface area (TPSA) is 354 Å². The molecule has 1 aromatic heterocycles. The molecule has 4 aliphatic heterocycles. The summed E-state index contributed by atoms with van der Waals surface area (Å²) in [7, 11) is 0. The van der Waals surface area contributed by atoms with Gasteiger partial charge in [-0.25, -0.2) is 14.6 Å². The summed E-state index contributed by atoms with van der Waals surface area (Å²) in [6, 6.07) is 4.95. The highest BCUT2D eigenvalue weighted by atomic mass is 32.2. The van der Waals surface area contributed by atoms with E-state index >= 15 is 0 Å². The molecule has 4 saturated heterocycles. The average Bonchev–Trinajstić information content (AvgIpc) is 4.21. The van der Waals surface area contributed by atoms with Crippen LogP contribution in [0.2, 0.25) is 0 Å². The van der Waals surface area contributed by atoms with Crippen LogP contribution in [-0.4, -0.2) is 182 Å². The van der Waals surface area contributed by atoms with E-state index in [9.17, 15) is 43.2 Å². The molecule has 6 atom stereocenters. The minimum atomic E-state index is -1.32. The number of aromatic nitrogens is 2. The number of fused-ring (bicyclic) bond motifs is 3. The number of nitrogens with one attached hydrogen (secondary N) is 9. The van der Waals surface area contributed by atoms with Crippen LogP contribution in [0.15, 0.2) is 30.5 Å². The lowest BCUT2D eigenvalue weighted by Crippen LogP contribution is -2.54. The summed E-state index contributed by atoms with van der Waals surface area (Å²) < 4.78 is 22.0. The quantitative estimate of drug-likeness (QED) is 0.0197. The Kier molecular flexibility index (Phi) is 24.8. The first-order chi connectivity index (χ1) is 38.5. The third-order valence-corrected chi connectivity index (χ3v) is 15.3. The molecule has 6 unspecified atom stereocenters. The summed E-state index contributed by atoms with van der Waals surface area (Å²) in [5.74, 6) is -1.88. The zero-order valence-electron chi connectivity index (χ0n) is 46.0. The van der Waals surface area contributed by atoms with Crippen molar-refractivity contribution in [2.45, 2.75) is 133 Å². The maximum atomic E-state index is 13.8. The summed E-state index contributed by atoms with van der Waals surface area (Å²) in [5, 5.41) is 26.6. The lowest BCUT2D eigenvalue weighted by Gasteiger charge is -2.29. The number of rotatable bonds is 37. The van der Waals surface area contributed by atoms with Crippen molar-refractivity contribution in [1.29, 1.82) is 0 Å². The van der Waals surface area contributed by atoms with Gasteiger partial charge in [0.25, 0.3) is 0 Å². The number of carbonyl (C=O) groups is 9. The number of unbranched alkanes of at least 4 members (excludes halogenated alkanes) is 1. The number of hydrogen-bond acceptors (Lipinski definition) is 18. The van der Waals surface area contributed by atoms with E-state index in [0.717, 1.165) is 30.6 Å². The van der Waals surface area contributed by atoms with Gasteiger partial charge in [-0.05, 0) is 77.5 Å². The Morgan fingerprint density at radius 2 is 1.48 bits per heavy atom. The van der Waals surface area contributed by atoms with E-state index in [1.165, 1.54) is 18.7 Å². The number of likely N-dealkylation sites (tertiary alicyclic amines) is 1. The number of esters is 1. The SMILES string of the molecule is Cc1cnc(Nc2cccc(NC(=O)CC(NC(=O)CCCC(=O)NCCCOCCOCCOCCCNC(=O)CCCCC3SCC4NC(=O)NC43)C(=O)N3CC4CC3C(=O)O4)c2)nc1NCCCNC(=O)C(C)(C)C(N)=O. The van der Waals surface area contributed by atoms with Crippen molar-refractivity contribution in [2.75, 3.05) is 94.1 Å². The Bertz CT molecular complexity index is 2470. The smallest absolute Gasteiger partial charge is 0.329 e. The lowest BCUT2D eigenvalue weighted by molar-refractivity contribution is -0.158. The number of thioether (sulfide) groups is 1. The zero-order valence-corrected chi connectivity index (χ0v) is 46.8. The average molecular weight is 1140 g/mol. The van der Waals surface area contributed by atoms with Crippen LogP contribution in [0.3, 0.4) is 0 Å². The number of hydrogen-bond donors (Lipinski definition) is 10. The van der Waals surface area contributed by atoms with Crippen molar-refractivity contribution in [1.82, 2.24) is 46.8 Å². The molecule has 1 aromatic carbocycles. The first-order valence-corrected chi connectivity index (χ1v) is 28.6. The number of benzene rings is 1. The molecule has 440 valence electrons. The minimum absolute atomic E-state index is 0.0365. The van der Waals surface area contributed by atoms with Crippen LogP contribution in [0.25, 0.3) is 0 Å². The first-order valence-electron chi connectivity index (χ1n) is 27.5. The molecule has 6 rings (SSSR count). The van der Waals surface area contributed by atoms with Crippen molar-refractivity contribution in [3.05, 3.63) is 36.0 Å². The van der Waals surface area contributed by atoms with E-state index in [4.69, 9.17) is 24.7 Å². The Morgan fingerprint density at radius 3 is 2.16 bits per heavy atom. The van der Waals surface area contributed by atoms with E-state index in [-0.39, 0.29) is 61.7 Å². The number of ether oxygens (including phenoxy) is 4. The fourth-order valence-electron chi connectivity index (χ4n) is 9.18. The summed E-state index contributed by atoms with van der Waals surface area (Å²) in [4.78, 5) is 123. The number of anilines is 4. The Balaban J connectivity index is 0.800. The number of carbonyl (C=O) groups excluding carboxylic acids is 9.